The minimum atomic E-state index is -2.88. The molecule has 0 radical (unpaired) electrons. The first kappa shape index (κ1) is 16.5. The van der Waals surface area contributed by atoms with E-state index in [-0.39, 0.29) is 29.8 Å². The number of carbonyl (C=O) groups excluding carboxylic acids is 1. The average molecular weight is 314 g/mol. The van der Waals surface area contributed by atoms with Gasteiger partial charge in [-0.3, -0.25) is 0 Å². The van der Waals surface area contributed by atoms with Gasteiger partial charge >= 0.3 is 12.6 Å². The Morgan fingerprint density at radius 1 is 1.45 bits per heavy atom. The van der Waals surface area contributed by atoms with Crippen LogP contribution in [0.1, 0.15) is 31.4 Å². The molecule has 1 saturated carbocycles. The lowest BCUT2D eigenvalue weighted by Gasteiger charge is -2.18. The molecule has 0 spiro atoms. The van der Waals surface area contributed by atoms with Gasteiger partial charge in [-0.1, -0.05) is 12.1 Å². The van der Waals surface area contributed by atoms with Crippen LogP contribution in [0.5, 0.6) is 5.75 Å². The topological polar surface area (TPSA) is 70.6 Å². The molecule has 2 amide bonds. The number of amides is 2. The van der Waals surface area contributed by atoms with Crippen LogP contribution in [0.3, 0.4) is 0 Å². The Hall–Kier alpha value is -1.89. The molecule has 3 N–H and O–H groups in total. The van der Waals surface area contributed by atoms with E-state index in [0.717, 1.165) is 12.8 Å². The van der Waals surface area contributed by atoms with Gasteiger partial charge in [0.2, 0.25) is 0 Å². The molecule has 0 heterocycles. The Morgan fingerprint density at radius 3 is 2.77 bits per heavy atom. The van der Waals surface area contributed by atoms with Crippen LogP contribution in [0.25, 0.3) is 0 Å². The van der Waals surface area contributed by atoms with E-state index in [0.29, 0.717) is 12.1 Å². The fourth-order valence-electron chi connectivity index (χ4n) is 2.13. The minimum Gasteiger partial charge on any atom is -0.435 e. The molecule has 1 fully saturated rings. The second kappa shape index (κ2) is 6.91. The number of aliphatic hydroxyl groups is 1. The Labute approximate surface area is 127 Å². The van der Waals surface area contributed by atoms with Gasteiger partial charge in [0.05, 0.1) is 12.6 Å². The van der Waals surface area contributed by atoms with Crippen molar-refractivity contribution in [2.45, 2.75) is 32.4 Å². The second-order valence-electron chi connectivity index (χ2n) is 5.66. The number of urea groups is 1. The summed E-state index contributed by atoms with van der Waals surface area (Å²) in [6, 6.07) is 5.50. The van der Waals surface area contributed by atoms with Crippen molar-refractivity contribution in [1.82, 2.24) is 10.6 Å². The standard InChI is InChI=1S/C15H20F2N2O3/c1-10(11-3-2-4-12(7-11)22-13(16)17)19-14(21)18-8-15(9-20)5-6-15/h2-4,7,10,13,20H,5-6,8-9H2,1H3,(H2,18,19,21). The van der Waals surface area contributed by atoms with E-state index in [2.05, 4.69) is 15.4 Å². The predicted molar refractivity (Wildman–Crippen MR) is 76.8 cm³/mol. The Balaban J connectivity index is 1.85. The lowest BCUT2D eigenvalue weighted by Crippen LogP contribution is -2.40. The molecule has 1 atom stereocenters. The number of carbonyl (C=O) groups is 1. The molecule has 1 aromatic carbocycles. The summed E-state index contributed by atoms with van der Waals surface area (Å²) in [5.41, 5.74) is 0.502. The zero-order valence-electron chi connectivity index (χ0n) is 12.3. The predicted octanol–water partition coefficient (Wildman–Crippen LogP) is 2.42. The molecule has 0 saturated heterocycles. The molecule has 7 heteroatoms. The summed E-state index contributed by atoms with van der Waals surface area (Å²) in [6.07, 6.45) is 1.82. The van der Waals surface area contributed by atoms with Crippen molar-refractivity contribution in [2.75, 3.05) is 13.2 Å². The molecule has 5 nitrogen and oxygen atoms in total. The molecule has 0 aromatic heterocycles. The number of ether oxygens (including phenoxy) is 1. The summed E-state index contributed by atoms with van der Waals surface area (Å²) in [7, 11) is 0. The van der Waals surface area contributed by atoms with E-state index in [1.807, 2.05) is 0 Å². The molecule has 1 aliphatic carbocycles. The van der Waals surface area contributed by atoms with Gasteiger partial charge in [-0.2, -0.15) is 8.78 Å². The smallest absolute Gasteiger partial charge is 0.387 e. The van der Waals surface area contributed by atoms with Crippen LogP contribution in [-0.4, -0.2) is 30.9 Å². The summed E-state index contributed by atoms with van der Waals surface area (Å²) >= 11 is 0. The average Bonchev–Trinajstić information content (AvgIpc) is 3.25. The SMILES string of the molecule is CC(NC(=O)NCC1(CO)CC1)c1cccc(OC(F)F)c1. The number of rotatable bonds is 7. The van der Waals surface area contributed by atoms with Gasteiger partial charge in [0.1, 0.15) is 5.75 Å². The third-order valence-corrected chi connectivity index (χ3v) is 3.85. The number of benzene rings is 1. The number of halogens is 2. The van der Waals surface area contributed by atoms with Crippen LogP contribution in [0.4, 0.5) is 13.6 Å². The second-order valence-corrected chi connectivity index (χ2v) is 5.66. The summed E-state index contributed by atoms with van der Waals surface area (Å²) in [5.74, 6) is 0.0544. The zero-order chi connectivity index (χ0) is 16.2. The lowest BCUT2D eigenvalue weighted by atomic mass is 10.1. The first-order valence-corrected chi connectivity index (χ1v) is 7.14. The third kappa shape index (κ3) is 4.56. The number of aliphatic hydroxyl groups excluding tert-OH is 1. The van der Waals surface area contributed by atoms with Crippen LogP contribution >= 0.6 is 0 Å². The summed E-state index contributed by atoms with van der Waals surface area (Å²) in [6.45, 7) is -0.637. The van der Waals surface area contributed by atoms with E-state index in [4.69, 9.17) is 0 Å². The van der Waals surface area contributed by atoms with Gasteiger partial charge in [0.25, 0.3) is 0 Å². The van der Waals surface area contributed by atoms with Gasteiger partial charge in [-0.15, -0.1) is 0 Å². The van der Waals surface area contributed by atoms with Gasteiger partial charge in [0.15, 0.2) is 0 Å². The lowest BCUT2D eigenvalue weighted by molar-refractivity contribution is -0.0499. The van der Waals surface area contributed by atoms with Gasteiger partial charge in [0, 0.05) is 12.0 Å². The molecule has 1 unspecified atom stereocenters. The Morgan fingerprint density at radius 2 is 2.18 bits per heavy atom. The summed E-state index contributed by atoms with van der Waals surface area (Å²) in [5, 5.41) is 14.6. The monoisotopic (exact) mass is 314 g/mol. The van der Waals surface area contributed by atoms with Crippen molar-refractivity contribution < 1.29 is 23.4 Å². The largest absolute Gasteiger partial charge is 0.435 e. The fourth-order valence-corrected chi connectivity index (χ4v) is 2.13. The highest BCUT2D eigenvalue weighted by atomic mass is 19.3. The van der Waals surface area contributed by atoms with Crippen molar-refractivity contribution in [2.24, 2.45) is 5.41 Å². The number of alkyl halides is 2. The zero-order valence-corrected chi connectivity index (χ0v) is 12.3. The summed E-state index contributed by atoms with van der Waals surface area (Å²) < 4.78 is 28.7. The fraction of sp³-hybridized carbons (Fsp3) is 0.533. The Bertz CT molecular complexity index is 521. The number of hydrogen-bond donors (Lipinski definition) is 3. The van der Waals surface area contributed by atoms with Crippen LogP contribution in [-0.2, 0) is 0 Å². The van der Waals surface area contributed by atoms with Crippen LogP contribution in [0.2, 0.25) is 0 Å². The van der Waals surface area contributed by atoms with Crippen molar-refractivity contribution in [3.8, 4) is 5.75 Å². The minimum absolute atomic E-state index is 0.0544. The highest BCUT2D eigenvalue weighted by molar-refractivity contribution is 5.74. The van der Waals surface area contributed by atoms with E-state index < -0.39 is 6.61 Å². The van der Waals surface area contributed by atoms with Crippen molar-refractivity contribution in [3.05, 3.63) is 29.8 Å². The maximum absolute atomic E-state index is 12.2. The summed E-state index contributed by atoms with van der Waals surface area (Å²) in [4.78, 5) is 11.8. The van der Waals surface area contributed by atoms with Gasteiger partial charge in [-0.05, 0) is 37.5 Å². The quantitative estimate of drug-likeness (QED) is 0.724. The van der Waals surface area contributed by atoms with Crippen molar-refractivity contribution in [3.63, 3.8) is 0 Å². The molecule has 0 bridgehead atoms. The third-order valence-electron chi connectivity index (χ3n) is 3.85. The highest BCUT2D eigenvalue weighted by Gasteiger charge is 2.42. The first-order chi connectivity index (χ1) is 10.4. The van der Waals surface area contributed by atoms with E-state index in [1.165, 1.54) is 12.1 Å². The molecule has 1 aromatic rings. The van der Waals surface area contributed by atoms with E-state index in [9.17, 15) is 18.7 Å². The van der Waals surface area contributed by atoms with Gasteiger partial charge in [-0.25, -0.2) is 4.79 Å². The molecule has 2 rings (SSSR count). The molecule has 1 aliphatic rings. The van der Waals surface area contributed by atoms with Crippen LogP contribution in [0, 0.1) is 5.41 Å². The Kier molecular flexibility index (Phi) is 5.18. The molecular formula is C15H20F2N2O3. The molecule has 0 aliphatic heterocycles. The highest BCUT2D eigenvalue weighted by Crippen LogP contribution is 2.44. The van der Waals surface area contributed by atoms with Crippen LogP contribution in [0.15, 0.2) is 24.3 Å². The van der Waals surface area contributed by atoms with Crippen molar-refractivity contribution >= 4 is 6.03 Å². The normalized spacial score (nSPS) is 17.0. The van der Waals surface area contributed by atoms with Crippen molar-refractivity contribution in [1.29, 1.82) is 0 Å². The maximum Gasteiger partial charge on any atom is 0.387 e. The first-order valence-electron chi connectivity index (χ1n) is 7.14. The molecular weight excluding hydrogens is 294 g/mol. The van der Waals surface area contributed by atoms with E-state index in [1.54, 1.807) is 19.1 Å². The number of nitrogens with one attached hydrogen (secondary N) is 2. The van der Waals surface area contributed by atoms with Crippen LogP contribution < -0.4 is 15.4 Å². The van der Waals surface area contributed by atoms with Gasteiger partial charge < -0.3 is 20.5 Å². The molecule has 22 heavy (non-hydrogen) atoms. The maximum atomic E-state index is 12.2. The molecule has 122 valence electrons. The number of hydrogen-bond acceptors (Lipinski definition) is 3. The van der Waals surface area contributed by atoms with E-state index >= 15 is 0 Å².